The number of carbonyl (C=O) groups excluding carboxylic acids is 2. The van der Waals surface area contributed by atoms with Gasteiger partial charge in [-0.1, -0.05) is 0 Å². The van der Waals surface area contributed by atoms with Gasteiger partial charge in [0.15, 0.2) is 0 Å². The second-order valence-electron chi connectivity index (χ2n) is 5.78. The first-order chi connectivity index (χ1) is 12.1. The van der Waals surface area contributed by atoms with Crippen LogP contribution in [0.3, 0.4) is 0 Å². The van der Waals surface area contributed by atoms with Crippen molar-refractivity contribution in [2.45, 2.75) is 32.0 Å². The third kappa shape index (κ3) is 3.47. The molecule has 8 nitrogen and oxygen atoms in total. The van der Waals surface area contributed by atoms with E-state index < -0.39 is 6.04 Å². The second-order valence-corrected chi connectivity index (χ2v) is 5.78. The first-order valence-corrected chi connectivity index (χ1v) is 8.25. The van der Waals surface area contributed by atoms with Crippen LogP contribution in [0.1, 0.15) is 23.8 Å². The minimum Gasteiger partial charge on any atom is -0.487 e. The molecule has 0 spiro atoms. The molecule has 2 aromatic rings. The van der Waals surface area contributed by atoms with E-state index in [-0.39, 0.29) is 17.9 Å². The fraction of sp³-hybridized carbons (Fsp3) is 0.412. The molecule has 1 saturated heterocycles. The molecule has 25 heavy (non-hydrogen) atoms. The van der Waals surface area contributed by atoms with E-state index in [1.165, 1.54) is 0 Å². The van der Waals surface area contributed by atoms with Crippen LogP contribution in [-0.2, 0) is 11.3 Å². The van der Waals surface area contributed by atoms with Gasteiger partial charge in [-0.25, -0.2) is 0 Å². The van der Waals surface area contributed by atoms with E-state index in [4.69, 9.17) is 4.74 Å². The highest BCUT2D eigenvalue weighted by molar-refractivity contribution is 5.96. The van der Waals surface area contributed by atoms with Gasteiger partial charge in [-0.3, -0.25) is 19.3 Å². The number of aromatic nitrogens is 3. The largest absolute Gasteiger partial charge is 0.487 e. The number of likely N-dealkylation sites (N-methyl/N-ethyl adjacent to an activating group) is 1. The molecule has 0 radical (unpaired) electrons. The molecule has 1 aliphatic rings. The smallest absolute Gasteiger partial charge is 0.272 e. The van der Waals surface area contributed by atoms with E-state index in [0.717, 1.165) is 0 Å². The average Bonchev–Trinajstić information content (AvgIpc) is 3.28. The molecular weight excluding hydrogens is 322 g/mol. The Bertz CT molecular complexity index is 746. The van der Waals surface area contributed by atoms with Crippen LogP contribution < -0.4 is 10.1 Å². The lowest BCUT2D eigenvalue weighted by Crippen LogP contribution is -2.45. The maximum Gasteiger partial charge on any atom is 0.272 e. The molecule has 3 heterocycles. The third-order valence-electron chi connectivity index (χ3n) is 4.24. The lowest BCUT2D eigenvalue weighted by atomic mass is 10.2. The molecule has 8 heteroatoms. The van der Waals surface area contributed by atoms with E-state index in [1.807, 2.05) is 6.92 Å². The highest BCUT2D eigenvalue weighted by Gasteiger charge is 2.41. The van der Waals surface area contributed by atoms with Crippen molar-refractivity contribution < 1.29 is 14.3 Å². The summed E-state index contributed by atoms with van der Waals surface area (Å²) >= 11 is 0. The fourth-order valence-electron chi connectivity index (χ4n) is 3.05. The Morgan fingerprint density at radius 1 is 1.36 bits per heavy atom. The number of likely N-dealkylation sites (tertiary alicyclic amines) is 1. The van der Waals surface area contributed by atoms with Crippen LogP contribution >= 0.6 is 0 Å². The third-order valence-corrected chi connectivity index (χ3v) is 4.24. The molecule has 1 aliphatic heterocycles. The Kier molecular flexibility index (Phi) is 4.97. The van der Waals surface area contributed by atoms with E-state index in [2.05, 4.69) is 15.4 Å². The molecule has 0 unspecified atom stereocenters. The highest BCUT2D eigenvalue weighted by atomic mass is 16.5. The number of amides is 2. The Labute approximate surface area is 145 Å². The number of nitrogens with zero attached hydrogens (tertiary/aromatic N) is 4. The van der Waals surface area contributed by atoms with Gasteiger partial charge in [0.05, 0.1) is 12.7 Å². The van der Waals surface area contributed by atoms with Crippen LogP contribution in [0.15, 0.2) is 36.8 Å². The van der Waals surface area contributed by atoms with Crippen molar-refractivity contribution in [3.8, 4) is 5.75 Å². The molecular formula is C17H21N5O3. The summed E-state index contributed by atoms with van der Waals surface area (Å²) in [6.45, 7) is 2.83. The molecule has 132 valence electrons. The van der Waals surface area contributed by atoms with Crippen LogP contribution in [-0.4, -0.2) is 57.2 Å². The van der Waals surface area contributed by atoms with Crippen molar-refractivity contribution >= 4 is 11.8 Å². The topological polar surface area (TPSA) is 89.3 Å². The van der Waals surface area contributed by atoms with Crippen molar-refractivity contribution in [2.24, 2.45) is 0 Å². The number of pyridine rings is 1. The molecule has 2 amide bonds. The minimum absolute atomic E-state index is 0.201. The molecule has 0 bridgehead atoms. The Hall–Kier alpha value is -2.90. The first-order valence-electron chi connectivity index (χ1n) is 8.25. The van der Waals surface area contributed by atoms with E-state index >= 15 is 0 Å². The van der Waals surface area contributed by atoms with E-state index in [9.17, 15) is 9.59 Å². The average molecular weight is 343 g/mol. The number of hydrogen-bond donors (Lipinski definition) is 1. The summed E-state index contributed by atoms with van der Waals surface area (Å²) in [5, 5.41) is 6.76. The van der Waals surface area contributed by atoms with Crippen molar-refractivity contribution in [1.82, 2.24) is 25.0 Å². The van der Waals surface area contributed by atoms with Gasteiger partial charge in [0.1, 0.15) is 23.6 Å². The number of carbonyl (C=O) groups is 2. The molecule has 0 saturated carbocycles. The number of rotatable bonds is 5. The monoisotopic (exact) mass is 343 g/mol. The first kappa shape index (κ1) is 16.9. The Balaban J connectivity index is 1.80. The Morgan fingerprint density at radius 3 is 2.88 bits per heavy atom. The zero-order valence-corrected chi connectivity index (χ0v) is 14.3. The number of hydrogen-bond acceptors (Lipinski definition) is 5. The second kappa shape index (κ2) is 7.33. The number of ether oxygens (including phenoxy) is 1. The van der Waals surface area contributed by atoms with E-state index in [1.54, 1.807) is 53.4 Å². The zero-order chi connectivity index (χ0) is 17.8. The summed E-state index contributed by atoms with van der Waals surface area (Å²) in [5.41, 5.74) is 0.471. The van der Waals surface area contributed by atoms with Crippen molar-refractivity contribution in [3.63, 3.8) is 0 Å². The van der Waals surface area contributed by atoms with Crippen molar-refractivity contribution in [2.75, 3.05) is 13.6 Å². The quantitative estimate of drug-likeness (QED) is 0.863. The predicted molar refractivity (Wildman–Crippen MR) is 90.1 cm³/mol. The van der Waals surface area contributed by atoms with Crippen LogP contribution in [0.25, 0.3) is 0 Å². The lowest BCUT2D eigenvalue weighted by Gasteiger charge is -2.23. The number of aryl methyl sites for hydroxylation is 1. The number of nitrogens with one attached hydrogen (secondary N) is 1. The van der Waals surface area contributed by atoms with Gasteiger partial charge in [0.2, 0.25) is 5.91 Å². The van der Waals surface area contributed by atoms with Crippen LogP contribution in [0.4, 0.5) is 0 Å². The summed E-state index contributed by atoms with van der Waals surface area (Å²) < 4.78 is 7.52. The minimum atomic E-state index is -0.570. The molecule has 3 rings (SSSR count). The van der Waals surface area contributed by atoms with Gasteiger partial charge in [0.25, 0.3) is 5.91 Å². The molecule has 2 atom stereocenters. The van der Waals surface area contributed by atoms with Crippen LogP contribution in [0.2, 0.25) is 0 Å². The lowest BCUT2D eigenvalue weighted by molar-refractivity contribution is -0.124. The van der Waals surface area contributed by atoms with Gasteiger partial charge in [0, 0.05) is 32.4 Å². The normalized spacial score (nSPS) is 19.7. The van der Waals surface area contributed by atoms with Gasteiger partial charge < -0.3 is 15.0 Å². The molecule has 0 aromatic carbocycles. The van der Waals surface area contributed by atoms with Crippen molar-refractivity contribution in [3.05, 3.63) is 42.5 Å². The maximum absolute atomic E-state index is 12.9. The van der Waals surface area contributed by atoms with Crippen LogP contribution in [0, 0.1) is 0 Å². The molecule has 1 N–H and O–H groups in total. The fourth-order valence-corrected chi connectivity index (χ4v) is 3.05. The summed E-state index contributed by atoms with van der Waals surface area (Å²) in [7, 11) is 1.57. The molecule has 1 fully saturated rings. The Morgan fingerprint density at radius 2 is 2.20 bits per heavy atom. The predicted octanol–water partition coefficient (Wildman–Crippen LogP) is 0.706. The summed E-state index contributed by atoms with van der Waals surface area (Å²) in [5.74, 6) is 0.203. The van der Waals surface area contributed by atoms with E-state index in [0.29, 0.717) is 31.0 Å². The summed E-state index contributed by atoms with van der Waals surface area (Å²) in [6, 6.07) is 4.68. The summed E-state index contributed by atoms with van der Waals surface area (Å²) in [6.07, 6.45) is 5.03. The van der Waals surface area contributed by atoms with Crippen molar-refractivity contribution in [1.29, 1.82) is 0 Å². The van der Waals surface area contributed by atoms with Gasteiger partial charge in [-0.05, 0) is 25.1 Å². The van der Waals surface area contributed by atoms with Crippen LogP contribution in [0.5, 0.6) is 5.75 Å². The van der Waals surface area contributed by atoms with Gasteiger partial charge in [-0.2, -0.15) is 5.10 Å². The SMILES string of the molecule is CCn1nccc1C(=O)N1C[C@@H](Oc2cccnc2)C[C@H]1C(=O)NC. The zero-order valence-electron chi connectivity index (χ0n) is 14.3. The van der Waals surface area contributed by atoms with Gasteiger partial charge in [-0.15, -0.1) is 0 Å². The molecule has 0 aliphatic carbocycles. The maximum atomic E-state index is 12.9. The standard InChI is InChI=1S/C17H21N5O3/c1-3-22-14(6-8-20-22)17(24)21-11-13(9-15(21)16(23)18-2)25-12-5-4-7-19-10-12/h4-8,10,13,15H,3,9,11H2,1-2H3,(H,18,23)/t13-,15-/m0/s1. The molecule has 2 aromatic heterocycles. The summed E-state index contributed by atoms with van der Waals surface area (Å²) in [4.78, 5) is 30.8. The highest BCUT2D eigenvalue weighted by Crippen LogP contribution is 2.24. The van der Waals surface area contributed by atoms with Gasteiger partial charge >= 0.3 is 0 Å².